The number of hydrogen-bond acceptors (Lipinski definition) is 4. The van der Waals surface area contributed by atoms with Crippen LogP contribution in [0.1, 0.15) is 6.42 Å². The maximum Gasteiger partial charge on any atom is 0.337 e. The van der Waals surface area contributed by atoms with E-state index in [9.17, 15) is 14.4 Å². The molecule has 0 atom stereocenters. The first kappa shape index (κ1) is 10.3. The van der Waals surface area contributed by atoms with Gasteiger partial charge in [-0.2, -0.15) is 0 Å². The minimum atomic E-state index is -0.644. The fourth-order valence-corrected chi connectivity index (χ4v) is 1.43. The molecule has 0 aromatic carbocycles. The van der Waals surface area contributed by atoms with Gasteiger partial charge in [-0.05, 0) is 12.1 Å². The molecule has 1 aliphatic heterocycles. The number of urea groups is 1. The molecule has 1 aromatic heterocycles. The molecule has 0 spiro atoms. The SMILES string of the molecule is CN1C(=O)CC(=O)N(c2cccnc2)C1=O. The Hall–Kier alpha value is -2.24. The summed E-state index contributed by atoms with van der Waals surface area (Å²) >= 11 is 0. The highest BCUT2D eigenvalue weighted by molar-refractivity contribution is 6.25. The molecule has 0 unspecified atom stereocenters. The second-order valence-electron chi connectivity index (χ2n) is 3.35. The van der Waals surface area contributed by atoms with Crippen molar-refractivity contribution in [3.8, 4) is 0 Å². The van der Waals surface area contributed by atoms with Crippen LogP contribution >= 0.6 is 0 Å². The molecule has 0 bridgehead atoms. The van der Waals surface area contributed by atoms with Crippen LogP contribution in [0.4, 0.5) is 10.5 Å². The lowest BCUT2D eigenvalue weighted by molar-refractivity contribution is -0.133. The number of amides is 4. The van der Waals surface area contributed by atoms with Crippen LogP contribution in [0, 0.1) is 0 Å². The molecule has 2 rings (SSSR count). The van der Waals surface area contributed by atoms with E-state index >= 15 is 0 Å². The van der Waals surface area contributed by atoms with Gasteiger partial charge in [-0.25, -0.2) is 9.69 Å². The van der Waals surface area contributed by atoms with Crippen molar-refractivity contribution >= 4 is 23.5 Å². The number of aromatic nitrogens is 1. The zero-order valence-electron chi connectivity index (χ0n) is 8.58. The monoisotopic (exact) mass is 219 g/mol. The highest BCUT2D eigenvalue weighted by atomic mass is 16.2. The van der Waals surface area contributed by atoms with Crippen molar-refractivity contribution < 1.29 is 14.4 Å². The van der Waals surface area contributed by atoms with Gasteiger partial charge >= 0.3 is 6.03 Å². The average Bonchev–Trinajstić information content (AvgIpc) is 2.28. The van der Waals surface area contributed by atoms with E-state index in [4.69, 9.17) is 0 Å². The van der Waals surface area contributed by atoms with Crippen LogP contribution in [0.3, 0.4) is 0 Å². The summed E-state index contributed by atoms with van der Waals surface area (Å²) in [6.07, 6.45) is 2.65. The summed E-state index contributed by atoms with van der Waals surface area (Å²) in [5.74, 6) is -1.02. The van der Waals surface area contributed by atoms with Crippen LogP contribution in [0.2, 0.25) is 0 Å². The van der Waals surface area contributed by atoms with Crippen LogP contribution in [0.15, 0.2) is 24.5 Å². The van der Waals surface area contributed by atoms with Crippen molar-refractivity contribution in [2.45, 2.75) is 6.42 Å². The molecular formula is C10H9N3O3. The molecular weight excluding hydrogens is 210 g/mol. The smallest absolute Gasteiger partial charge is 0.274 e. The third-order valence-corrected chi connectivity index (χ3v) is 2.31. The number of hydrogen-bond donors (Lipinski definition) is 0. The Morgan fingerprint density at radius 1 is 1.25 bits per heavy atom. The van der Waals surface area contributed by atoms with Crippen LogP contribution in [0.25, 0.3) is 0 Å². The van der Waals surface area contributed by atoms with Crippen molar-refractivity contribution in [3.63, 3.8) is 0 Å². The van der Waals surface area contributed by atoms with Crippen molar-refractivity contribution in [1.29, 1.82) is 0 Å². The molecule has 1 aliphatic rings. The minimum Gasteiger partial charge on any atom is -0.274 e. The van der Waals surface area contributed by atoms with Gasteiger partial charge < -0.3 is 0 Å². The average molecular weight is 219 g/mol. The second-order valence-corrected chi connectivity index (χ2v) is 3.35. The van der Waals surface area contributed by atoms with E-state index in [1.807, 2.05) is 0 Å². The molecule has 1 saturated heterocycles. The fraction of sp³-hybridized carbons (Fsp3) is 0.200. The summed E-state index contributed by atoms with van der Waals surface area (Å²) in [6.45, 7) is 0. The van der Waals surface area contributed by atoms with Crippen LogP contribution in [-0.2, 0) is 9.59 Å². The van der Waals surface area contributed by atoms with E-state index in [-0.39, 0.29) is 6.42 Å². The van der Waals surface area contributed by atoms with Crippen LogP contribution < -0.4 is 4.90 Å². The molecule has 6 heteroatoms. The molecule has 1 aromatic rings. The van der Waals surface area contributed by atoms with E-state index in [0.717, 1.165) is 9.80 Å². The van der Waals surface area contributed by atoms with E-state index in [1.54, 1.807) is 12.1 Å². The molecule has 4 amide bonds. The first-order valence-electron chi connectivity index (χ1n) is 4.65. The molecule has 2 heterocycles. The van der Waals surface area contributed by atoms with Gasteiger partial charge in [0.2, 0.25) is 11.8 Å². The number of anilines is 1. The third-order valence-electron chi connectivity index (χ3n) is 2.31. The van der Waals surface area contributed by atoms with Gasteiger partial charge in [0.25, 0.3) is 0 Å². The lowest BCUT2D eigenvalue weighted by Crippen LogP contribution is -2.53. The van der Waals surface area contributed by atoms with Crippen molar-refractivity contribution in [1.82, 2.24) is 9.88 Å². The summed E-state index contributed by atoms with van der Waals surface area (Å²) < 4.78 is 0. The minimum absolute atomic E-state index is 0.295. The first-order valence-corrected chi connectivity index (χ1v) is 4.65. The number of barbiturate groups is 1. The molecule has 1 fully saturated rings. The number of carbonyl (C=O) groups excluding carboxylic acids is 3. The van der Waals surface area contributed by atoms with Gasteiger partial charge in [0, 0.05) is 13.2 Å². The lowest BCUT2D eigenvalue weighted by Gasteiger charge is -2.29. The summed E-state index contributed by atoms with van der Waals surface area (Å²) in [7, 11) is 1.35. The molecule has 0 saturated carbocycles. The van der Waals surface area contributed by atoms with Gasteiger partial charge in [-0.15, -0.1) is 0 Å². The predicted molar refractivity (Wildman–Crippen MR) is 54.5 cm³/mol. The van der Waals surface area contributed by atoms with Crippen molar-refractivity contribution in [3.05, 3.63) is 24.5 Å². The second kappa shape index (κ2) is 3.73. The van der Waals surface area contributed by atoms with E-state index in [2.05, 4.69) is 4.98 Å². The number of rotatable bonds is 1. The van der Waals surface area contributed by atoms with Crippen LogP contribution in [0.5, 0.6) is 0 Å². The molecule has 82 valence electrons. The number of carbonyl (C=O) groups is 3. The van der Waals surface area contributed by atoms with Gasteiger partial charge in [0.1, 0.15) is 6.42 Å². The zero-order valence-corrected chi connectivity index (χ0v) is 8.58. The van der Waals surface area contributed by atoms with Gasteiger partial charge in [-0.3, -0.25) is 19.5 Å². The lowest BCUT2D eigenvalue weighted by atomic mass is 10.2. The molecule has 6 nitrogen and oxygen atoms in total. The van der Waals surface area contributed by atoms with Crippen molar-refractivity contribution in [2.75, 3.05) is 11.9 Å². The maximum atomic E-state index is 11.7. The quantitative estimate of drug-likeness (QED) is 0.641. The Kier molecular flexibility index (Phi) is 2.40. The Labute approximate surface area is 91.5 Å². The standard InChI is InChI=1S/C10H9N3O3/c1-12-8(14)5-9(15)13(10(12)16)7-3-2-4-11-6-7/h2-4,6H,5H2,1H3. The Morgan fingerprint density at radius 3 is 2.62 bits per heavy atom. The number of pyridine rings is 1. The summed E-state index contributed by atoms with van der Waals surface area (Å²) in [4.78, 5) is 40.3. The van der Waals surface area contributed by atoms with E-state index in [1.165, 1.54) is 19.4 Å². The summed E-state index contributed by atoms with van der Waals surface area (Å²) in [6, 6.07) is 2.56. The normalized spacial score (nSPS) is 16.9. The van der Waals surface area contributed by atoms with Gasteiger partial charge in [0.05, 0.1) is 11.9 Å². The van der Waals surface area contributed by atoms with Gasteiger partial charge in [0.15, 0.2) is 0 Å². The Morgan fingerprint density at radius 2 is 2.00 bits per heavy atom. The van der Waals surface area contributed by atoms with Crippen LogP contribution in [-0.4, -0.2) is 34.8 Å². The molecule has 16 heavy (non-hydrogen) atoms. The number of nitrogens with zero attached hydrogens (tertiary/aromatic N) is 3. The predicted octanol–water partition coefficient (Wildman–Crippen LogP) is 0.397. The summed E-state index contributed by atoms with van der Waals surface area (Å²) in [5.41, 5.74) is 0.372. The molecule has 0 aliphatic carbocycles. The summed E-state index contributed by atoms with van der Waals surface area (Å²) in [5, 5.41) is 0. The first-order chi connectivity index (χ1) is 7.61. The highest BCUT2D eigenvalue weighted by Gasteiger charge is 2.36. The maximum absolute atomic E-state index is 11.7. The molecule has 0 radical (unpaired) electrons. The number of imide groups is 2. The third kappa shape index (κ3) is 1.54. The van der Waals surface area contributed by atoms with E-state index in [0.29, 0.717) is 5.69 Å². The van der Waals surface area contributed by atoms with E-state index < -0.39 is 17.8 Å². The van der Waals surface area contributed by atoms with Crippen molar-refractivity contribution in [2.24, 2.45) is 0 Å². The van der Waals surface area contributed by atoms with Gasteiger partial charge in [-0.1, -0.05) is 0 Å². The molecule has 0 N–H and O–H groups in total. The Balaban J connectivity index is 2.38. The largest absolute Gasteiger partial charge is 0.337 e. The Bertz CT molecular complexity index is 458. The fourth-order valence-electron chi connectivity index (χ4n) is 1.43. The topological polar surface area (TPSA) is 70.6 Å². The highest BCUT2D eigenvalue weighted by Crippen LogP contribution is 2.19. The zero-order chi connectivity index (χ0) is 11.7.